The summed E-state index contributed by atoms with van der Waals surface area (Å²) in [5.74, 6) is -1.09. The highest BCUT2D eigenvalue weighted by Gasteiger charge is 2.51. The van der Waals surface area contributed by atoms with E-state index in [0.29, 0.717) is 28.0 Å². The zero-order valence-electron chi connectivity index (χ0n) is 14.6. The lowest BCUT2D eigenvalue weighted by atomic mass is 9.80. The van der Waals surface area contributed by atoms with E-state index in [0.717, 1.165) is 4.91 Å². The molecule has 1 aromatic carbocycles. The number of benzene rings is 1. The second-order valence-corrected chi connectivity index (χ2v) is 8.10. The third kappa shape index (κ3) is 3.28. The quantitative estimate of drug-likeness (QED) is 0.795. The number of fused-ring (bicyclic) bond motifs is 1. The fourth-order valence-corrected chi connectivity index (χ4v) is 4.43. The monoisotopic (exact) mass is 418 g/mol. The van der Waals surface area contributed by atoms with Crippen LogP contribution in [-0.4, -0.2) is 29.3 Å². The number of nitrogens with one attached hydrogen (secondary N) is 1. The average molecular weight is 419 g/mol. The van der Waals surface area contributed by atoms with Gasteiger partial charge >= 0.3 is 0 Å². The number of nitrogens with zero attached hydrogens (tertiary/aromatic N) is 2. The Morgan fingerprint density at radius 3 is 3.00 bits per heavy atom. The van der Waals surface area contributed by atoms with Gasteiger partial charge in [0, 0.05) is 23.4 Å². The number of hydrogen-bond donors (Lipinski definition) is 2. The van der Waals surface area contributed by atoms with Gasteiger partial charge in [-0.05, 0) is 35.2 Å². The van der Waals surface area contributed by atoms with Crippen LogP contribution in [0.2, 0.25) is 5.02 Å². The van der Waals surface area contributed by atoms with Crippen LogP contribution < -0.4 is 11.1 Å². The summed E-state index contributed by atoms with van der Waals surface area (Å²) in [4.78, 5) is 21.7. The summed E-state index contributed by atoms with van der Waals surface area (Å²) in [5.41, 5.74) is 5.87. The maximum atomic E-state index is 14.8. The van der Waals surface area contributed by atoms with Crippen molar-refractivity contribution in [3.05, 3.63) is 70.1 Å². The summed E-state index contributed by atoms with van der Waals surface area (Å²) in [6, 6.07) is 7.41. The van der Waals surface area contributed by atoms with Gasteiger partial charge in [-0.2, -0.15) is 0 Å². The number of amides is 1. The Morgan fingerprint density at radius 1 is 1.43 bits per heavy atom. The summed E-state index contributed by atoms with van der Waals surface area (Å²) in [6.45, 7) is 4.60. The second-order valence-electron chi connectivity index (χ2n) is 6.52. The van der Waals surface area contributed by atoms with E-state index in [1.807, 2.05) is 0 Å². The van der Waals surface area contributed by atoms with Gasteiger partial charge in [0.15, 0.2) is 5.17 Å². The molecule has 4 rings (SSSR count). The minimum atomic E-state index is -0.990. The predicted octanol–water partition coefficient (Wildman–Crippen LogP) is 3.54. The number of hydrogen-bond acceptors (Lipinski definition) is 6. The maximum Gasteiger partial charge on any atom is 0.274 e. The van der Waals surface area contributed by atoms with Gasteiger partial charge in [-0.1, -0.05) is 29.9 Å². The van der Waals surface area contributed by atoms with E-state index in [1.165, 1.54) is 36.2 Å². The van der Waals surface area contributed by atoms with E-state index in [9.17, 15) is 9.18 Å². The molecule has 0 aliphatic carbocycles. The lowest BCUT2D eigenvalue weighted by Crippen LogP contribution is -2.39. The number of amidine groups is 1. The minimum Gasteiger partial charge on any atom is -0.378 e. The molecule has 0 spiro atoms. The molecule has 6 nitrogen and oxygen atoms in total. The molecule has 1 fully saturated rings. The summed E-state index contributed by atoms with van der Waals surface area (Å²) in [6.07, 6.45) is 1.38. The molecule has 2 unspecified atom stereocenters. The maximum absolute atomic E-state index is 14.8. The number of rotatable bonds is 3. The lowest BCUT2D eigenvalue weighted by molar-refractivity contribution is 0.102. The molecule has 2 aromatic rings. The first-order valence-corrected chi connectivity index (χ1v) is 9.61. The van der Waals surface area contributed by atoms with Crippen LogP contribution >= 0.6 is 23.4 Å². The fourth-order valence-electron chi connectivity index (χ4n) is 3.43. The van der Waals surface area contributed by atoms with Gasteiger partial charge in [-0.25, -0.2) is 14.4 Å². The Hall–Kier alpha value is -2.42. The first-order chi connectivity index (χ1) is 13.4. The normalized spacial score (nSPS) is 23.9. The highest BCUT2D eigenvalue weighted by molar-refractivity contribution is 8.17. The van der Waals surface area contributed by atoms with Crippen LogP contribution in [0.4, 0.5) is 10.1 Å². The van der Waals surface area contributed by atoms with Crippen molar-refractivity contribution in [2.24, 2.45) is 16.6 Å². The topological polar surface area (TPSA) is 89.6 Å². The molecule has 2 atom stereocenters. The van der Waals surface area contributed by atoms with E-state index in [2.05, 4.69) is 21.9 Å². The van der Waals surface area contributed by atoms with Gasteiger partial charge in [0.1, 0.15) is 17.1 Å². The van der Waals surface area contributed by atoms with Crippen LogP contribution in [0.5, 0.6) is 0 Å². The Morgan fingerprint density at radius 2 is 2.25 bits per heavy atom. The molecular weight excluding hydrogens is 403 g/mol. The summed E-state index contributed by atoms with van der Waals surface area (Å²) >= 11 is 7.07. The molecule has 2 aliphatic heterocycles. The minimum absolute atomic E-state index is 0.186. The number of carbonyl (C=O) groups excluding carboxylic acids is 1. The zero-order valence-corrected chi connectivity index (χ0v) is 16.2. The van der Waals surface area contributed by atoms with Gasteiger partial charge in [0.05, 0.1) is 18.2 Å². The summed E-state index contributed by atoms with van der Waals surface area (Å²) in [7, 11) is 0. The Kier molecular flexibility index (Phi) is 4.86. The van der Waals surface area contributed by atoms with Gasteiger partial charge in [-0.3, -0.25) is 4.79 Å². The largest absolute Gasteiger partial charge is 0.378 e. The van der Waals surface area contributed by atoms with Crippen LogP contribution in [0, 0.1) is 11.7 Å². The first kappa shape index (κ1) is 18.9. The molecule has 1 aromatic heterocycles. The van der Waals surface area contributed by atoms with Gasteiger partial charge in [0.2, 0.25) is 0 Å². The Balaban J connectivity index is 1.69. The van der Waals surface area contributed by atoms with E-state index in [4.69, 9.17) is 22.1 Å². The van der Waals surface area contributed by atoms with Gasteiger partial charge in [0.25, 0.3) is 5.91 Å². The van der Waals surface area contributed by atoms with E-state index in [1.54, 1.807) is 12.1 Å². The van der Waals surface area contributed by atoms with Crippen LogP contribution in [0.25, 0.3) is 0 Å². The third-order valence-electron chi connectivity index (χ3n) is 4.77. The van der Waals surface area contributed by atoms with Crippen molar-refractivity contribution in [2.75, 3.05) is 18.5 Å². The number of anilines is 1. The molecule has 28 heavy (non-hydrogen) atoms. The molecule has 0 radical (unpaired) electrons. The molecule has 3 N–H and O–H groups in total. The van der Waals surface area contributed by atoms with Crippen molar-refractivity contribution in [1.29, 1.82) is 0 Å². The standard InChI is InChI=1S/C19H16ClFN4O2S/c1-10-14-8-27-9-19(14,25-18(22)28-10)13-6-12(3-4-15(13)21)24-17(26)16-5-2-11(20)7-23-16/h2-7,14H,1,8-9H2,(H2,22,25)(H,24,26). The van der Waals surface area contributed by atoms with Crippen molar-refractivity contribution in [2.45, 2.75) is 5.54 Å². The highest BCUT2D eigenvalue weighted by atomic mass is 35.5. The number of aromatic nitrogens is 1. The zero-order chi connectivity index (χ0) is 19.9. The van der Waals surface area contributed by atoms with Crippen LogP contribution in [0.3, 0.4) is 0 Å². The van der Waals surface area contributed by atoms with Crippen molar-refractivity contribution in [3.8, 4) is 0 Å². The molecular formula is C19H16ClFN4O2S. The number of aliphatic imine (C=N–C) groups is 1. The molecule has 0 saturated carbocycles. The smallest absolute Gasteiger partial charge is 0.274 e. The SMILES string of the molecule is C=C1SC(N)=NC2(c3cc(NC(=O)c4ccc(Cl)cn4)ccc3F)COCC12. The van der Waals surface area contributed by atoms with E-state index in [-0.39, 0.29) is 18.2 Å². The lowest BCUT2D eigenvalue weighted by Gasteiger charge is -2.35. The molecule has 1 amide bonds. The van der Waals surface area contributed by atoms with Crippen LogP contribution in [-0.2, 0) is 10.3 Å². The second kappa shape index (κ2) is 7.20. The number of thioether (sulfide) groups is 1. The fraction of sp³-hybridized carbons (Fsp3) is 0.211. The van der Waals surface area contributed by atoms with Gasteiger partial charge in [-0.15, -0.1) is 0 Å². The van der Waals surface area contributed by atoms with Crippen molar-refractivity contribution in [3.63, 3.8) is 0 Å². The van der Waals surface area contributed by atoms with E-state index < -0.39 is 17.3 Å². The predicted molar refractivity (Wildman–Crippen MR) is 108 cm³/mol. The summed E-state index contributed by atoms with van der Waals surface area (Å²) < 4.78 is 20.4. The molecule has 1 saturated heterocycles. The Bertz CT molecular complexity index is 998. The molecule has 0 bridgehead atoms. The number of ether oxygens (including phenoxy) is 1. The van der Waals surface area contributed by atoms with E-state index >= 15 is 0 Å². The number of carbonyl (C=O) groups is 1. The van der Waals surface area contributed by atoms with Crippen molar-refractivity contribution < 1.29 is 13.9 Å². The molecule has 9 heteroatoms. The third-order valence-corrected chi connectivity index (χ3v) is 5.84. The first-order valence-electron chi connectivity index (χ1n) is 8.42. The molecule has 2 aliphatic rings. The summed E-state index contributed by atoms with van der Waals surface area (Å²) in [5, 5.41) is 3.46. The average Bonchev–Trinajstić information content (AvgIpc) is 3.09. The number of nitrogens with two attached hydrogens (primary N) is 1. The Labute approximate surface area is 170 Å². The van der Waals surface area contributed by atoms with Crippen LogP contribution in [0.15, 0.2) is 53.0 Å². The van der Waals surface area contributed by atoms with Crippen molar-refractivity contribution >= 4 is 40.1 Å². The number of halogens is 2. The molecule has 144 valence electrons. The van der Waals surface area contributed by atoms with Crippen LogP contribution in [0.1, 0.15) is 16.1 Å². The number of pyridine rings is 1. The highest BCUT2D eigenvalue weighted by Crippen LogP contribution is 2.50. The van der Waals surface area contributed by atoms with Gasteiger partial charge < -0.3 is 15.8 Å². The molecule has 3 heterocycles. The van der Waals surface area contributed by atoms with Crippen molar-refractivity contribution in [1.82, 2.24) is 4.98 Å².